The molecule has 6 aromatic rings. The van der Waals surface area contributed by atoms with Crippen molar-refractivity contribution in [2.45, 2.75) is 26.7 Å². The Labute approximate surface area is 259 Å². The summed E-state index contributed by atoms with van der Waals surface area (Å²) in [5, 5.41) is 12.3. The van der Waals surface area contributed by atoms with Crippen LogP contribution in [0.25, 0.3) is 55.7 Å². The second kappa shape index (κ2) is 12.1. The summed E-state index contributed by atoms with van der Waals surface area (Å²) < 4.78 is 20.7. The number of likely N-dealkylation sites (tertiary alicyclic amines) is 1. The fraction of sp³-hybridized carbons (Fsp3) is 0.265. The Morgan fingerprint density at radius 2 is 1.82 bits per heavy atom. The Hall–Kier alpha value is -5.16. The van der Waals surface area contributed by atoms with Gasteiger partial charge in [0.25, 0.3) is 0 Å². The fourth-order valence-corrected chi connectivity index (χ4v) is 5.71. The maximum absolute atomic E-state index is 14.8. The molecule has 1 aromatic carbocycles. The zero-order valence-electron chi connectivity index (χ0n) is 25.1. The number of halogens is 1. The molecule has 5 aromatic heterocycles. The van der Waals surface area contributed by atoms with Crippen molar-refractivity contribution in [3.05, 3.63) is 73.1 Å². The van der Waals surface area contributed by atoms with E-state index in [1.807, 2.05) is 44.2 Å². The van der Waals surface area contributed by atoms with Gasteiger partial charge in [0, 0.05) is 58.3 Å². The molecule has 10 nitrogen and oxygen atoms in total. The number of carbonyl (C=O) groups excluding carboxylic acids is 1. The first-order valence-electron chi connectivity index (χ1n) is 15.2. The number of carbonyl (C=O) groups is 1. The van der Waals surface area contributed by atoms with Crippen molar-refractivity contribution >= 4 is 33.4 Å². The number of hydrogen-bond donors (Lipinski definition) is 3. The molecule has 1 saturated heterocycles. The van der Waals surface area contributed by atoms with E-state index in [2.05, 4.69) is 40.3 Å². The number of fused-ring (bicyclic) bond motifs is 2. The number of aromatic amines is 2. The van der Waals surface area contributed by atoms with Gasteiger partial charge < -0.3 is 15.0 Å². The number of amides is 1. The van der Waals surface area contributed by atoms with Crippen LogP contribution in [0.15, 0.2) is 67.3 Å². The van der Waals surface area contributed by atoms with Crippen LogP contribution in [-0.4, -0.2) is 67.2 Å². The van der Waals surface area contributed by atoms with Crippen molar-refractivity contribution in [2.75, 3.05) is 31.6 Å². The quantitative estimate of drug-likeness (QED) is 0.174. The highest BCUT2D eigenvalue weighted by atomic mass is 19.1. The number of nitrogens with zero attached hydrogens (tertiary/aromatic N) is 5. The molecule has 0 spiro atoms. The highest BCUT2D eigenvalue weighted by Crippen LogP contribution is 2.35. The van der Waals surface area contributed by atoms with Gasteiger partial charge in [-0.2, -0.15) is 5.10 Å². The van der Waals surface area contributed by atoms with E-state index in [4.69, 9.17) is 4.74 Å². The third-order valence-corrected chi connectivity index (χ3v) is 8.10. The van der Waals surface area contributed by atoms with E-state index >= 15 is 0 Å². The van der Waals surface area contributed by atoms with Gasteiger partial charge in [-0.3, -0.25) is 29.7 Å². The predicted molar refractivity (Wildman–Crippen MR) is 172 cm³/mol. The number of hydrogen-bond acceptors (Lipinski definition) is 7. The van der Waals surface area contributed by atoms with Crippen LogP contribution in [0, 0.1) is 11.7 Å². The molecule has 3 N–H and O–H groups in total. The molecule has 1 amide bonds. The summed E-state index contributed by atoms with van der Waals surface area (Å²) in [5.74, 6) is -0.121. The minimum atomic E-state index is -0.376. The van der Waals surface area contributed by atoms with E-state index in [-0.39, 0.29) is 17.6 Å². The maximum Gasteiger partial charge on any atom is 0.226 e. The summed E-state index contributed by atoms with van der Waals surface area (Å²) in [6.07, 6.45) is 9.20. The van der Waals surface area contributed by atoms with Crippen LogP contribution >= 0.6 is 0 Å². The third kappa shape index (κ3) is 5.99. The monoisotopic (exact) mass is 604 g/mol. The molecule has 0 radical (unpaired) electrons. The lowest BCUT2D eigenvalue weighted by atomic mass is 10.1. The Morgan fingerprint density at radius 3 is 2.67 bits per heavy atom. The van der Waals surface area contributed by atoms with Crippen LogP contribution in [0.4, 0.5) is 10.1 Å². The van der Waals surface area contributed by atoms with E-state index in [9.17, 15) is 9.18 Å². The summed E-state index contributed by atoms with van der Waals surface area (Å²) >= 11 is 0. The molecule has 45 heavy (non-hydrogen) atoms. The Kier molecular flexibility index (Phi) is 7.68. The molecule has 0 saturated carbocycles. The molecule has 0 atom stereocenters. The Balaban J connectivity index is 1.20. The number of H-pyrrole nitrogens is 2. The van der Waals surface area contributed by atoms with Gasteiger partial charge in [0.15, 0.2) is 0 Å². The first-order valence-corrected chi connectivity index (χ1v) is 15.2. The zero-order valence-corrected chi connectivity index (χ0v) is 25.1. The van der Waals surface area contributed by atoms with Gasteiger partial charge >= 0.3 is 0 Å². The molecular weight excluding hydrogens is 571 g/mol. The number of ether oxygens (including phenoxy) is 1. The topological polar surface area (TPSA) is 125 Å². The molecule has 1 aliphatic rings. The summed E-state index contributed by atoms with van der Waals surface area (Å²) in [6, 6.07) is 12.4. The minimum absolute atomic E-state index is 0.0818. The average molecular weight is 605 g/mol. The second-order valence-electron chi connectivity index (χ2n) is 11.7. The number of rotatable bonds is 9. The average Bonchev–Trinajstić information content (AvgIpc) is 3.80. The van der Waals surface area contributed by atoms with Gasteiger partial charge in [-0.1, -0.05) is 13.8 Å². The molecule has 11 heteroatoms. The first kappa shape index (κ1) is 28.6. The van der Waals surface area contributed by atoms with Crippen molar-refractivity contribution < 1.29 is 13.9 Å². The SMILES string of the molecule is CC(C)C(=O)Nc1cncc(-c2cc3c(-c4cc5c(-c6cc(F)cc(OCCN7CCCC7)c6)nccc5[nH]4)n[nH]c3cn2)c1. The lowest BCUT2D eigenvalue weighted by Gasteiger charge is -2.15. The molecule has 6 heterocycles. The van der Waals surface area contributed by atoms with Gasteiger partial charge in [0.2, 0.25) is 5.91 Å². The number of pyridine rings is 3. The van der Waals surface area contributed by atoms with Crippen LogP contribution in [0.3, 0.4) is 0 Å². The van der Waals surface area contributed by atoms with Crippen molar-refractivity contribution in [1.29, 1.82) is 0 Å². The molecule has 228 valence electrons. The van der Waals surface area contributed by atoms with E-state index < -0.39 is 0 Å². The molecule has 0 aliphatic carbocycles. The predicted octanol–water partition coefficient (Wildman–Crippen LogP) is 6.44. The normalized spacial score (nSPS) is 13.7. The van der Waals surface area contributed by atoms with E-state index in [0.717, 1.165) is 52.7 Å². The number of anilines is 1. The van der Waals surface area contributed by atoms with Crippen molar-refractivity contribution in [3.63, 3.8) is 0 Å². The van der Waals surface area contributed by atoms with Gasteiger partial charge in [0.1, 0.15) is 23.9 Å². The molecule has 0 bridgehead atoms. The largest absolute Gasteiger partial charge is 0.492 e. The van der Waals surface area contributed by atoms with E-state index in [1.165, 1.54) is 25.0 Å². The van der Waals surface area contributed by atoms with Gasteiger partial charge in [-0.05, 0) is 62.3 Å². The molecule has 0 unspecified atom stereocenters. The molecule has 7 rings (SSSR count). The minimum Gasteiger partial charge on any atom is -0.492 e. The maximum atomic E-state index is 14.8. The first-order chi connectivity index (χ1) is 21.9. The smallest absolute Gasteiger partial charge is 0.226 e. The fourth-order valence-electron chi connectivity index (χ4n) is 5.71. The van der Waals surface area contributed by atoms with Gasteiger partial charge in [0.05, 0.1) is 40.7 Å². The van der Waals surface area contributed by atoms with E-state index in [1.54, 1.807) is 24.8 Å². The summed E-state index contributed by atoms with van der Waals surface area (Å²) in [7, 11) is 0. The molecular formula is C34H33FN8O2. The summed E-state index contributed by atoms with van der Waals surface area (Å²) in [5.41, 5.74) is 6.43. The lowest BCUT2D eigenvalue weighted by Crippen LogP contribution is -2.25. The number of aromatic nitrogens is 6. The summed E-state index contributed by atoms with van der Waals surface area (Å²) in [4.78, 5) is 31.6. The highest BCUT2D eigenvalue weighted by Gasteiger charge is 2.17. The Bertz CT molecular complexity index is 2010. The van der Waals surface area contributed by atoms with Crippen molar-refractivity contribution in [1.82, 2.24) is 35.0 Å². The van der Waals surface area contributed by atoms with Gasteiger partial charge in [-0.15, -0.1) is 0 Å². The standard InChI is InChI=1S/C34H33FN8O2/c1-20(2)34(44)39-24-12-22(17-36-18-24)29-15-27-31(19-38-29)41-42-33(27)30-16-26-28(40-30)5-6-37-32(26)21-11-23(35)14-25(13-21)45-10-9-43-7-3-4-8-43/h5-6,11-20,40H,3-4,7-10H2,1-2H3,(H,39,44)(H,41,42). The molecule has 1 fully saturated rings. The zero-order chi connectivity index (χ0) is 30.9. The number of benzene rings is 1. The van der Waals surface area contributed by atoms with Crippen LogP contribution in [0.5, 0.6) is 5.75 Å². The van der Waals surface area contributed by atoms with Crippen molar-refractivity contribution in [3.8, 4) is 39.7 Å². The van der Waals surface area contributed by atoms with Crippen molar-refractivity contribution in [2.24, 2.45) is 5.92 Å². The molecule has 1 aliphatic heterocycles. The Morgan fingerprint density at radius 1 is 0.978 bits per heavy atom. The van der Waals surface area contributed by atoms with Crippen LogP contribution in [-0.2, 0) is 4.79 Å². The van der Waals surface area contributed by atoms with Crippen LogP contribution in [0.2, 0.25) is 0 Å². The highest BCUT2D eigenvalue weighted by molar-refractivity contribution is 6.00. The van der Waals surface area contributed by atoms with Gasteiger partial charge in [-0.25, -0.2) is 4.39 Å². The lowest BCUT2D eigenvalue weighted by molar-refractivity contribution is -0.118. The van der Waals surface area contributed by atoms with Crippen LogP contribution < -0.4 is 10.1 Å². The second-order valence-corrected chi connectivity index (χ2v) is 11.7. The van der Waals surface area contributed by atoms with E-state index in [0.29, 0.717) is 40.7 Å². The summed E-state index contributed by atoms with van der Waals surface area (Å²) in [6.45, 7) is 7.19. The van der Waals surface area contributed by atoms with Crippen LogP contribution in [0.1, 0.15) is 26.7 Å². The number of nitrogens with one attached hydrogen (secondary N) is 3. The third-order valence-electron chi connectivity index (χ3n) is 8.10.